The predicted molar refractivity (Wildman–Crippen MR) is 107 cm³/mol. The Kier molecular flexibility index (Phi) is 6.51. The highest BCUT2D eigenvalue weighted by atomic mass is 32.2. The third-order valence-corrected chi connectivity index (χ3v) is 5.08. The minimum absolute atomic E-state index is 0.103. The molecule has 29 heavy (non-hydrogen) atoms. The van der Waals surface area contributed by atoms with Gasteiger partial charge in [0.25, 0.3) is 0 Å². The highest BCUT2D eigenvalue weighted by Gasteiger charge is 2.27. The number of para-hydroxylation sites is 1. The van der Waals surface area contributed by atoms with Crippen LogP contribution in [0.4, 0.5) is 11.5 Å². The van der Waals surface area contributed by atoms with Crippen molar-refractivity contribution in [2.45, 2.75) is 22.8 Å². The van der Waals surface area contributed by atoms with Crippen molar-refractivity contribution >= 4 is 34.2 Å². The van der Waals surface area contributed by atoms with Crippen molar-refractivity contribution in [3.05, 3.63) is 53.0 Å². The average molecular weight is 405 g/mol. The smallest absolute Gasteiger partial charge is 0.343 e. The summed E-state index contributed by atoms with van der Waals surface area (Å²) in [6.45, 7) is 0.464. The van der Waals surface area contributed by atoms with Crippen molar-refractivity contribution in [3.8, 4) is 12.1 Å². The van der Waals surface area contributed by atoms with Gasteiger partial charge in [0.15, 0.2) is 5.03 Å². The second-order valence-corrected chi connectivity index (χ2v) is 6.88. The Morgan fingerprint density at radius 1 is 1.07 bits per heavy atom. The molecular weight excluding hydrogens is 390 g/mol. The van der Waals surface area contributed by atoms with Gasteiger partial charge in [0.05, 0.1) is 35.4 Å². The van der Waals surface area contributed by atoms with Gasteiger partial charge in [-0.15, -0.1) is 0 Å². The number of benzene rings is 1. The van der Waals surface area contributed by atoms with Crippen molar-refractivity contribution in [2.75, 3.05) is 18.0 Å². The van der Waals surface area contributed by atoms with Crippen LogP contribution in [0.15, 0.2) is 52.8 Å². The van der Waals surface area contributed by atoms with Crippen LogP contribution in [0.5, 0.6) is 0 Å². The molecule has 0 fully saturated rings. The molecule has 0 saturated carbocycles. The van der Waals surface area contributed by atoms with Gasteiger partial charge in [0.2, 0.25) is 5.82 Å². The normalized spacial score (nSPS) is 10.3. The Bertz CT molecular complexity index is 1100. The maximum absolute atomic E-state index is 11.9. The van der Waals surface area contributed by atoms with Crippen LogP contribution in [-0.4, -0.2) is 33.0 Å². The molecule has 0 bridgehead atoms. The van der Waals surface area contributed by atoms with Gasteiger partial charge in [-0.2, -0.15) is 10.5 Å². The first-order chi connectivity index (χ1) is 14.2. The number of fused-ring (bicyclic) bond motifs is 1. The highest BCUT2D eigenvalue weighted by Crippen LogP contribution is 2.39. The van der Waals surface area contributed by atoms with E-state index in [4.69, 9.17) is 10.5 Å². The second-order valence-electron chi connectivity index (χ2n) is 5.84. The molecule has 0 aliphatic heterocycles. The number of hydrogen-bond donors (Lipinski definition) is 0. The number of hydrogen-bond acceptors (Lipinski definition) is 9. The van der Waals surface area contributed by atoms with Gasteiger partial charge in [0.1, 0.15) is 6.33 Å². The number of nitrogens with zero attached hydrogens (tertiary/aromatic N) is 7. The summed E-state index contributed by atoms with van der Waals surface area (Å²) in [7, 11) is 0. The molecule has 2 aromatic heterocycles. The van der Waals surface area contributed by atoms with E-state index in [9.17, 15) is 10.1 Å². The Balaban J connectivity index is 2.05. The van der Waals surface area contributed by atoms with Crippen LogP contribution >= 0.6 is 11.8 Å². The number of aromatic nitrogens is 3. The maximum Gasteiger partial charge on any atom is 0.343 e. The van der Waals surface area contributed by atoms with Crippen LogP contribution in [0.2, 0.25) is 0 Å². The largest absolute Gasteiger partial charge is 0.349 e. The summed E-state index contributed by atoms with van der Waals surface area (Å²) < 4.78 is 0. The third-order valence-electron chi connectivity index (χ3n) is 4.04. The maximum atomic E-state index is 11.9. The molecule has 3 rings (SSSR count). The van der Waals surface area contributed by atoms with E-state index in [0.29, 0.717) is 0 Å². The molecule has 2 heterocycles. The molecule has 1 aromatic carbocycles. The van der Waals surface area contributed by atoms with Crippen molar-refractivity contribution in [1.29, 1.82) is 10.5 Å². The van der Waals surface area contributed by atoms with Gasteiger partial charge in [-0.05, 0) is 12.1 Å². The highest BCUT2D eigenvalue weighted by molar-refractivity contribution is 7.99. The number of rotatable bonds is 8. The van der Waals surface area contributed by atoms with Crippen molar-refractivity contribution in [1.82, 2.24) is 15.0 Å². The summed E-state index contributed by atoms with van der Waals surface area (Å²) in [5, 5.41) is 30.8. The summed E-state index contributed by atoms with van der Waals surface area (Å²) in [5.41, 5.74) is 0.474. The van der Waals surface area contributed by atoms with E-state index in [1.165, 1.54) is 6.33 Å². The van der Waals surface area contributed by atoms with E-state index in [0.717, 1.165) is 27.6 Å². The number of anilines is 1. The Morgan fingerprint density at radius 2 is 1.79 bits per heavy atom. The first-order valence-electron chi connectivity index (χ1n) is 8.65. The summed E-state index contributed by atoms with van der Waals surface area (Å²) >= 11 is 1.14. The molecule has 10 heteroatoms. The van der Waals surface area contributed by atoms with Gasteiger partial charge in [-0.25, -0.2) is 9.97 Å². The molecule has 0 saturated heterocycles. The first kappa shape index (κ1) is 20.0. The SMILES string of the molecule is N#CCCN(CCC#N)c1ncnc(Sc2cccc3cccnc23)c1[N+](=O)[O-]. The minimum atomic E-state index is -0.526. The number of nitro groups is 1. The fourth-order valence-electron chi connectivity index (χ4n) is 2.78. The van der Waals surface area contributed by atoms with Gasteiger partial charge < -0.3 is 4.90 Å². The molecule has 9 nitrogen and oxygen atoms in total. The van der Waals surface area contributed by atoms with E-state index in [1.54, 1.807) is 11.1 Å². The second kappa shape index (κ2) is 9.44. The summed E-state index contributed by atoms with van der Waals surface area (Å²) in [4.78, 5) is 26.3. The molecule has 0 N–H and O–H groups in total. The van der Waals surface area contributed by atoms with Crippen molar-refractivity contribution in [2.24, 2.45) is 0 Å². The van der Waals surface area contributed by atoms with Crippen LogP contribution in [0, 0.1) is 32.8 Å². The molecule has 0 spiro atoms. The van der Waals surface area contributed by atoms with Crippen molar-refractivity contribution < 1.29 is 4.92 Å². The lowest BCUT2D eigenvalue weighted by Gasteiger charge is -2.21. The fourth-order valence-corrected chi connectivity index (χ4v) is 3.76. The molecule has 0 unspecified atom stereocenters. The van der Waals surface area contributed by atoms with Gasteiger partial charge in [-0.1, -0.05) is 30.0 Å². The van der Waals surface area contributed by atoms with Gasteiger partial charge in [0, 0.05) is 29.6 Å². The number of nitriles is 2. The molecule has 0 radical (unpaired) electrons. The fraction of sp³-hybridized carbons (Fsp3) is 0.211. The van der Waals surface area contributed by atoms with Crippen molar-refractivity contribution in [3.63, 3.8) is 0 Å². The van der Waals surface area contributed by atoms with Crippen LogP contribution in [-0.2, 0) is 0 Å². The molecule has 3 aromatic rings. The first-order valence-corrected chi connectivity index (χ1v) is 9.47. The third kappa shape index (κ3) is 4.57. The molecule has 0 amide bonds. The van der Waals surface area contributed by atoms with E-state index < -0.39 is 4.92 Å². The summed E-state index contributed by atoms with van der Waals surface area (Å²) in [6.07, 6.45) is 3.23. The van der Waals surface area contributed by atoms with Crippen LogP contribution in [0.25, 0.3) is 10.9 Å². The summed E-state index contributed by atoms with van der Waals surface area (Å²) in [6, 6.07) is 13.4. The Labute approximate surface area is 170 Å². The predicted octanol–water partition coefficient (Wildman–Crippen LogP) is 3.72. The lowest BCUT2D eigenvalue weighted by molar-refractivity contribution is -0.387. The molecule has 0 aliphatic carbocycles. The van der Waals surface area contributed by atoms with Gasteiger partial charge in [-0.3, -0.25) is 15.1 Å². The quantitative estimate of drug-likeness (QED) is 0.312. The topological polar surface area (TPSA) is 133 Å². The zero-order valence-electron chi connectivity index (χ0n) is 15.2. The summed E-state index contributed by atoms with van der Waals surface area (Å²) in [5.74, 6) is 0.103. The zero-order valence-corrected chi connectivity index (χ0v) is 16.0. The molecule has 0 aliphatic rings. The zero-order chi connectivity index (χ0) is 20.6. The van der Waals surface area contributed by atoms with Gasteiger partial charge >= 0.3 is 5.69 Å². The average Bonchev–Trinajstić information content (AvgIpc) is 2.74. The van der Waals surface area contributed by atoms with Crippen LogP contribution in [0.3, 0.4) is 0 Å². The number of pyridine rings is 1. The Morgan fingerprint density at radius 3 is 2.48 bits per heavy atom. The lowest BCUT2D eigenvalue weighted by Crippen LogP contribution is -2.27. The molecule has 144 valence electrons. The Hall–Kier alpha value is -3.76. The lowest BCUT2D eigenvalue weighted by atomic mass is 10.2. The van der Waals surface area contributed by atoms with Crippen LogP contribution < -0.4 is 4.90 Å². The van der Waals surface area contributed by atoms with E-state index >= 15 is 0 Å². The molecular formula is C19H15N7O2S. The van der Waals surface area contributed by atoms with E-state index in [1.807, 2.05) is 42.5 Å². The standard InChI is InChI=1S/C19H15N7O2S/c20-8-3-11-25(12-4-9-21)18-17(26(27)28)19(24-13-23-18)29-15-7-1-5-14-6-2-10-22-16(14)15/h1-2,5-7,10,13H,3-4,11-12H2. The minimum Gasteiger partial charge on any atom is -0.349 e. The van der Waals surface area contributed by atoms with E-state index in [2.05, 4.69) is 15.0 Å². The molecule has 0 atom stereocenters. The van der Waals surface area contributed by atoms with Crippen LogP contribution in [0.1, 0.15) is 12.8 Å². The monoisotopic (exact) mass is 405 g/mol. The van der Waals surface area contributed by atoms with E-state index in [-0.39, 0.29) is 42.5 Å².